The lowest BCUT2D eigenvalue weighted by Gasteiger charge is -2.12. The Bertz CT molecular complexity index is 443. The number of fused-ring (bicyclic) bond motifs is 1. The van der Waals surface area contributed by atoms with Crippen LogP contribution in [0.4, 0.5) is 0 Å². The number of rotatable bonds is 3. The van der Waals surface area contributed by atoms with Gasteiger partial charge in [-0.2, -0.15) is 0 Å². The second-order valence-corrected chi connectivity index (χ2v) is 4.27. The normalized spacial score (nSPS) is 13.9. The molecule has 3 N–H and O–H groups in total. The molecule has 0 unspecified atom stereocenters. The van der Waals surface area contributed by atoms with E-state index >= 15 is 0 Å². The first-order valence-corrected chi connectivity index (χ1v) is 5.88. The van der Waals surface area contributed by atoms with Crippen molar-refractivity contribution < 1.29 is 9.90 Å². The van der Waals surface area contributed by atoms with Gasteiger partial charge in [0, 0.05) is 12.1 Å². The zero-order valence-electron chi connectivity index (χ0n) is 8.92. The average molecular weight is 240 g/mol. The molecule has 3 nitrogen and oxygen atoms in total. The summed E-state index contributed by atoms with van der Waals surface area (Å²) in [5.41, 5.74) is 8.91. The molecule has 0 spiro atoms. The van der Waals surface area contributed by atoms with Gasteiger partial charge < -0.3 is 10.8 Å². The van der Waals surface area contributed by atoms with Crippen LogP contribution in [0.5, 0.6) is 5.75 Å². The van der Waals surface area contributed by atoms with Gasteiger partial charge in [-0.05, 0) is 36.5 Å². The third-order valence-corrected chi connectivity index (χ3v) is 3.35. The molecule has 0 bridgehead atoms. The topological polar surface area (TPSA) is 63.3 Å². The highest BCUT2D eigenvalue weighted by Gasteiger charge is 2.22. The Kier molecular flexibility index (Phi) is 3.17. The lowest BCUT2D eigenvalue weighted by Crippen LogP contribution is -2.08. The Labute approximate surface area is 99.2 Å². The molecule has 0 saturated carbocycles. The number of carbonyl (C=O) groups excluding carboxylic acids is 1. The maximum Gasteiger partial charge on any atom is 0.181 e. The number of Topliss-reactive ketones (excluding diaryl/α,β-unsaturated/α-hetero) is 1. The molecule has 1 aromatic rings. The van der Waals surface area contributed by atoms with E-state index in [4.69, 9.17) is 17.3 Å². The van der Waals surface area contributed by atoms with Gasteiger partial charge in [0.15, 0.2) is 5.78 Å². The standard InChI is InChI=1S/C12H14ClNO2/c13-5-11(15)9-4-7-2-1-3-8(7)10(6-14)12(9)16/h4,16H,1-3,5-6,14H2. The van der Waals surface area contributed by atoms with Crippen molar-refractivity contribution >= 4 is 17.4 Å². The maximum atomic E-state index is 11.6. The molecule has 0 atom stereocenters. The van der Waals surface area contributed by atoms with Gasteiger partial charge >= 0.3 is 0 Å². The van der Waals surface area contributed by atoms with Crippen molar-refractivity contribution in [2.45, 2.75) is 25.8 Å². The molecule has 1 aliphatic carbocycles. The average Bonchev–Trinajstić information content (AvgIpc) is 2.75. The highest BCUT2D eigenvalue weighted by Crippen LogP contribution is 2.34. The molecule has 0 heterocycles. The fraction of sp³-hybridized carbons (Fsp3) is 0.417. The van der Waals surface area contributed by atoms with Crippen LogP contribution in [0.25, 0.3) is 0 Å². The number of hydrogen-bond acceptors (Lipinski definition) is 3. The van der Waals surface area contributed by atoms with Crippen molar-refractivity contribution in [3.05, 3.63) is 28.3 Å². The summed E-state index contributed by atoms with van der Waals surface area (Å²) in [5, 5.41) is 10.00. The summed E-state index contributed by atoms with van der Waals surface area (Å²) in [4.78, 5) is 11.6. The van der Waals surface area contributed by atoms with Crippen LogP contribution in [0.3, 0.4) is 0 Å². The van der Waals surface area contributed by atoms with Crippen LogP contribution in [0.2, 0.25) is 0 Å². The van der Waals surface area contributed by atoms with Gasteiger partial charge in [-0.3, -0.25) is 4.79 Å². The van der Waals surface area contributed by atoms with Crippen molar-refractivity contribution in [2.75, 3.05) is 5.88 Å². The zero-order chi connectivity index (χ0) is 11.7. The molecule has 0 aliphatic heterocycles. The molecule has 0 fully saturated rings. The van der Waals surface area contributed by atoms with E-state index in [9.17, 15) is 9.90 Å². The second-order valence-electron chi connectivity index (χ2n) is 4.00. The summed E-state index contributed by atoms with van der Waals surface area (Å²) in [6, 6.07) is 1.77. The maximum absolute atomic E-state index is 11.6. The minimum Gasteiger partial charge on any atom is -0.507 e. The predicted molar refractivity (Wildman–Crippen MR) is 63.1 cm³/mol. The first-order chi connectivity index (χ1) is 7.69. The molecule has 0 radical (unpaired) electrons. The summed E-state index contributed by atoms with van der Waals surface area (Å²) in [7, 11) is 0. The lowest BCUT2D eigenvalue weighted by atomic mass is 9.96. The minimum absolute atomic E-state index is 0.0220. The van der Waals surface area contributed by atoms with Crippen LogP contribution in [0, 0.1) is 0 Å². The fourth-order valence-electron chi connectivity index (χ4n) is 2.32. The molecule has 1 aliphatic rings. The van der Waals surface area contributed by atoms with Gasteiger partial charge in [0.25, 0.3) is 0 Å². The summed E-state index contributed by atoms with van der Waals surface area (Å²) < 4.78 is 0. The van der Waals surface area contributed by atoms with Crippen LogP contribution < -0.4 is 5.73 Å². The van der Waals surface area contributed by atoms with Gasteiger partial charge in [-0.1, -0.05) is 0 Å². The van der Waals surface area contributed by atoms with Crippen molar-refractivity contribution in [1.82, 2.24) is 0 Å². The number of aromatic hydroxyl groups is 1. The Morgan fingerprint density at radius 1 is 1.50 bits per heavy atom. The van der Waals surface area contributed by atoms with Crippen LogP contribution >= 0.6 is 11.6 Å². The van der Waals surface area contributed by atoms with E-state index in [1.54, 1.807) is 6.07 Å². The first-order valence-electron chi connectivity index (χ1n) is 5.34. The molecule has 16 heavy (non-hydrogen) atoms. The third-order valence-electron chi connectivity index (χ3n) is 3.11. The summed E-state index contributed by atoms with van der Waals surface area (Å²) in [6.45, 7) is 0.261. The van der Waals surface area contributed by atoms with Gasteiger partial charge in [-0.15, -0.1) is 11.6 Å². The zero-order valence-corrected chi connectivity index (χ0v) is 9.68. The Morgan fingerprint density at radius 3 is 2.88 bits per heavy atom. The fourth-order valence-corrected chi connectivity index (χ4v) is 2.47. The number of benzene rings is 1. The summed E-state index contributed by atoms with van der Waals surface area (Å²) >= 11 is 5.51. The molecule has 1 aromatic carbocycles. The van der Waals surface area contributed by atoms with Crippen molar-refractivity contribution in [2.24, 2.45) is 5.73 Å². The number of hydrogen-bond donors (Lipinski definition) is 2. The van der Waals surface area contributed by atoms with Crippen molar-refractivity contribution in [3.8, 4) is 5.75 Å². The van der Waals surface area contributed by atoms with Gasteiger partial charge in [-0.25, -0.2) is 0 Å². The second kappa shape index (κ2) is 4.44. The number of phenolic OH excluding ortho intramolecular Hbond substituents is 1. The molecule has 0 aromatic heterocycles. The summed E-state index contributed by atoms with van der Waals surface area (Å²) in [5.74, 6) is -0.339. The van der Waals surface area contributed by atoms with Crippen LogP contribution in [0.1, 0.15) is 33.5 Å². The first kappa shape index (κ1) is 11.4. The number of carbonyl (C=O) groups is 1. The van der Waals surface area contributed by atoms with E-state index in [0.717, 1.165) is 30.4 Å². The Hall–Kier alpha value is -1.06. The quantitative estimate of drug-likeness (QED) is 0.624. The SMILES string of the molecule is NCc1c(O)c(C(=O)CCl)cc2c1CCC2. The number of ketones is 1. The van der Waals surface area contributed by atoms with E-state index in [1.165, 1.54) is 0 Å². The van der Waals surface area contributed by atoms with E-state index in [0.29, 0.717) is 11.1 Å². The molecule has 0 amide bonds. The van der Waals surface area contributed by atoms with Crippen LogP contribution in [-0.2, 0) is 19.4 Å². The number of aryl methyl sites for hydroxylation is 1. The molecular weight excluding hydrogens is 226 g/mol. The molecular formula is C12H14ClNO2. The van der Waals surface area contributed by atoms with Gasteiger partial charge in [0.1, 0.15) is 5.75 Å². The van der Waals surface area contributed by atoms with E-state index in [-0.39, 0.29) is 24.0 Å². The Balaban J connectivity index is 2.60. The van der Waals surface area contributed by atoms with Crippen LogP contribution in [-0.4, -0.2) is 16.8 Å². The van der Waals surface area contributed by atoms with Gasteiger partial charge in [0.05, 0.1) is 11.4 Å². The van der Waals surface area contributed by atoms with Gasteiger partial charge in [0.2, 0.25) is 0 Å². The third kappa shape index (κ3) is 1.70. The smallest absolute Gasteiger partial charge is 0.181 e. The van der Waals surface area contributed by atoms with E-state index in [2.05, 4.69) is 0 Å². The lowest BCUT2D eigenvalue weighted by molar-refractivity contribution is 0.101. The predicted octanol–water partition coefficient (Wildman–Crippen LogP) is 1.76. The minimum atomic E-state index is -0.247. The monoisotopic (exact) mass is 239 g/mol. The largest absolute Gasteiger partial charge is 0.507 e. The summed E-state index contributed by atoms with van der Waals surface area (Å²) in [6.07, 6.45) is 2.94. The number of halogens is 1. The van der Waals surface area contributed by atoms with E-state index < -0.39 is 0 Å². The molecule has 0 saturated heterocycles. The van der Waals surface area contributed by atoms with E-state index in [1.807, 2.05) is 0 Å². The Morgan fingerprint density at radius 2 is 2.25 bits per heavy atom. The molecule has 2 rings (SSSR count). The highest BCUT2D eigenvalue weighted by molar-refractivity contribution is 6.30. The number of nitrogens with two attached hydrogens (primary N) is 1. The molecule has 4 heteroatoms. The van der Waals surface area contributed by atoms with Crippen molar-refractivity contribution in [3.63, 3.8) is 0 Å². The van der Waals surface area contributed by atoms with Crippen LogP contribution in [0.15, 0.2) is 6.07 Å². The number of phenols is 1. The number of alkyl halides is 1. The van der Waals surface area contributed by atoms with Crippen molar-refractivity contribution in [1.29, 1.82) is 0 Å². The molecule has 86 valence electrons. The highest BCUT2D eigenvalue weighted by atomic mass is 35.5.